The van der Waals surface area contributed by atoms with E-state index in [0.717, 1.165) is 29.7 Å². The number of benzene rings is 1. The fourth-order valence-electron chi connectivity index (χ4n) is 3.67. The lowest BCUT2D eigenvalue weighted by Crippen LogP contribution is -2.54. The van der Waals surface area contributed by atoms with Gasteiger partial charge in [-0.15, -0.1) is 0 Å². The summed E-state index contributed by atoms with van der Waals surface area (Å²) in [4.78, 5) is 38.3. The van der Waals surface area contributed by atoms with Crippen molar-refractivity contribution < 1.29 is 14.4 Å². The van der Waals surface area contributed by atoms with Crippen LogP contribution in [0.3, 0.4) is 0 Å². The van der Waals surface area contributed by atoms with Crippen LogP contribution in [0, 0.1) is 5.92 Å². The number of nitrogens with one attached hydrogen (secondary N) is 2. The van der Waals surface area contributed by atoms with Gasteiger partial charge in [0.1, 0.15) is 12.1 Å². The summed E-state index contributed by atoms with van der Waals surface area (Å²) in [6.07, 6.45) is 3.50. The monoisotopic (exact) mass is 363 g/mol. The van der Waals surface area contributed by atoms with Crippen molar-refractivity contribution in [3.05, 3.63) is 34.9 Å². The zero-order chi connectivity index (χ0) is 18.0. The van der Waals surface area contributed by atoms with Crippen LogP contribution in [0.15, 0.2) is 24.3 Å². The molecule has 1 aromatic carbocycles. The molecule has 7 heteroatoms. The Morgan fingerprint density at radius 2 is 2.12 bits per heavy atom. The maximum atomic E-state index is 12.8. The number of rotatable bonds is 4. The molecular weight excluding hydrogens is 342 g/mol. The zero-order valence-electron chi connectivity index (χ0n) is 14.2. The summed E-state index contributed by atoms with van der Waals surface area (Å²) in [5.74, 6) is -0.588. The molecule has 25 heavy (non-hydrogen) atoms. The fraction of sp³-hybridized carbons (Fsp3) is 0.500. The molecule has 2 aliphatic rings. The first-order chi connectivity index (χ1) is 11.9. The molecule has 1 saturated heterocycles. The average Bonchev–Trinajstić information content (AvgIpc) is 2.82. The maximum Gasteiger partial charge on any atom is 0.325 e. The summed E-state index contributed by atoms with van der Waals surface area (Å²) in [6.45, 7) is 1.96. The Balaban J connectivity index is 1.62. The highest BCUT2D eigenvalue weighted by atomic mass is 35.5. The third-order valence-electron chi connectivity index (χ3n) is 5.24. The van der Waals surface area contributed by atoms with Crippen molar-refractivity contribution in [1.29, 1.82) is 0 Å². The van der Waals surface area contributed by atoms with Gasteiger partial charge < -0.3 is 10.6 Å². The molecule has 0 bridgehead atoms. The summed E-state index contributed by atoms with van der Waals surface area (Å²) in [7, 11) is 0. The van der Waals surface area contributed by atoms with Crippen LogP contribution in [0.4, 0.5) is 4.79 Å². The summed E-state index contributed by atoms with van der Waals surface area (Å²) >= 11 is 6.06. The van der Waals surface area contributed by atoms with E-state index < -0.39 is 11.6 Å². The fourth-order valence-corrected chi connectivity index (χ4v) is 3.88. The molecule has 1 aliphatic heterocycles. The van der Waals surface area contributed by atoms with Crippen LogP contribution < -0.4 is 10.6 Å². The molecule has 3 rings (SSSR count). The summed E-state index contributed by atoms with van der Waals surface area (Å²) in [5.41, 5.74) is -0.0506. The van der Waals surface area contributed by atoms with Crippen LogP contribution in [0.25, 0.3) is 0 Å². The zero-order valence-corrected chi connectivity index (χ0v) is 14.9. The average molecular weight is 364 g/mol. The highest BCUT2D eigenvalue weighted by Gasteiger charge is 2.55. The van der Waals surface area contributed by atoms with E-state index in [1.165, 1.54) is 0 Å². The number of imide groups is 1. The van der Waals surface area contributed by atoms with E-state index in [1.807, 2.05) is 25.1 Å². The van der Waals surface area contributed by atoms with Crippen LogP contribution in [0.5, 0.6) is 0 Å². The Labute approximate surface area is 151 Å². The van der Waals surface area contributed by atoms with E-state index in [-0.39, 0.29) is 30.8 Å². The van der Waals surface area contributed by atoms with Crippen LogP contribution >= 0.6 is 11.6 Å². The van der Waals surface area contributed by atoms with Crippen molar-refractivity contribution >= 4 is 29.4 Å². The van der Waals surface area contributed by atoms with Crippen LogP contribution in [-0.4, -0.2) is 34.8 Å². The molecule has 134 valence electrons. The molecule has 6 nitrogen and oxygen atoms in total. The number of amides is 4. The molecular formula is C18H22ClN3O3. The highest BCUT2D eigenvalue weighted by Crippen LogP contribution is 2.38. The topological polar surface area (TPSA) is 78.5 Å². The highest BCUT2D eigenvalue weighted by molar-refractivity contribution is 6.31. The molecule has 0 radical (unpaired) electrons. The molecule has 1 heterocycles. The predicted molar refractivity (Wildman–Crippen MR) is 93.9 cm³/mol. The molecule has 1 aromatic rings. The van der Waals surface area contributed by atoms with Crippen molar-refractivity contribution in [2.75, 3.05) is 6.54 Å². The smallest absolute Gasteiger partial charge is 0.325 e. The second-order valence-corrected chi connectivity index (χ2v) is 7.21. The number of urea groups is 1. The number of halogens is 1. The van der Waals surface area contributed by atoms with Gasteiger partial charge in [0, 0.05) is 11.6 Å². The minimum atomic E-state index is -0.835. The number of carbonyl (C=O) groups is 3. The molecule has 2 fully saturated rings. The normalized spacial score (nSPS) is 26.0. The molecule has 0 aromatic heterocycles. The lowest BCUT2D eigenvalue weighted by Gasteiger charge is -2.36. The van der Waals surface area contributed by atoms with Gasteiger partial charge in [-0.2, -0.15) is 0 Å². The van der Waals surface area contributed by atoms with Crippen molar-refractivity contribution in [3.8, 4) is 0 Å². The molecule has 1 spiro atoms. The lowest BCUT2D eigenvalue weighted by molar-refractivity contribution is -0.137. The Bertz CT molecular complexity index is 709. The molecule has 2 N–H and O–H groups in total. The van der Waals surface area contributed by atoms with E-state index in [1.54, 1.807) is 6.07 Å². The first-order valence-electron chi connectivity index (χ1n) is 8.58. The van der Waals surface area contributed by atoms with E-state index in [4.69, 9.17) is 11.6 Å². The molecule has 1 aliphatic carbocycles. The first-order valence-corrected chi connectivity index (χ1v) is 8.96. The molecule has 1 saturated carbocycles. The molecule has 0 unspecified atom stereocenters. The number of hydrogen-bond donors (Lipinski definition) is 2. The first kappa shape index (κ1) is 17.7. The van der Waals surface area contributed by atoms with E-state index >= 15 is 0 Å². The lowest BCUT2D eigenvalue weighted by atomic mass is 9.73. The standard InChI is InChI=1S/C18H22ClN3O3/c1-12-6-4-5-9-18(12)16(24)22(17(25)21-18)11-15(23)20-10-13-7-2-3-8-14(13)19/h2-3,7-8,12H,4-6,9-11H2,1H3,(H,20,23)(H,21,25)/t12-,18-/m1/s1. The van der Waals surface area contributed by atoms with Crippen molar-refractivity contribution in [3.63, 3.8) is 0 Å². The Morgan fingerprint density at radius 1 is 1.36 bits per heavy atom. The van der Waals surface area contributed by atoms with Gasteiger partial charge in [0.2, 0.25) is 5.91 Å². The van der Waals surface area contributed by atoms with Gasteiger partial charge >= 0.3 is 6.03 Å². The van der Waals surface area contributed by atoms with Crippen molar-refractivity contribution in [2.45, 2.75) is 44.7 Å². The SMILES string of the molecule is C[C@@H]1CCCC[C@@]12NC(=O)N(CC(=O)NCc1ccccc1Cl)C2=O. The minimum absolute atomic E-state index is 0.0777. The van der Waals surface area contributed by atoms with Crippen LogP contribution in [-0.2, 0) is 16.1 Å². The van der Waals surface area contributed by atoms with E-state index in [9.17, 15) is 14.4 Å². The maximum absolute atomic E-state index is 12.8. The minimum Gasteiger partial charge on any atom is -0.350 e. The van der Waals surface area contributed by atoms with Crippen molar-refractivity contribution in [2.24, 2.45) is 5.92 Å². The Hall–Kier alpha value is -2.08. The second kappa shape index (κ2) is 7.04. The van der Waals surface area contributed by atoms with Crippen molar-refractivity contribution in [1.82, 2.24) is 15.5 Å². The molecule has 4 amide bonds. The summed E-state index contributed by atoms with van der Waals surface area (Å²) in [5, 5.41) is 6.12. The largest absolute Gasteiger partial charge is 0.350 e. The summed E-state index contributed by atoms with van der Waals surface area (Å²) < 4.78 is 0. The van der Waals surface area contributed by atoms with Gasteiger partial charge in [-0.1, -0.05) is 49.6 Å². The Kier molecular flexibility index (Phi) is 4.99. The quantitative estimate of drug-likeness (QED) is 0.806. The Morgan fingerprint density at radius 3 is 2.84 bits per heavy atom. The predicted octanol–water partition coefficient (Wildman–Crippen LogP) is 2.46. The van der Waals surface area contributed by atoms with E-state index in [0.29, 0.717) is 11.4 Å². The number of hydrogen-bond acceptors (Lipinski definition) is 3. The van der Waals surface area contributed by atoms with E-state index in [2.05, 4.69) is 10.6 Å². The van der Waals surface area contributed by atoms with Crippen LogP contribution in [0.2, 0.25) is 5.02 Å². The van der Waals surface area contributed by atoms with Crippen LogP contribution in [0.1, 0.15) is 38.2 Å². The number of nitrogens with zero attached hydrogens (tertiary/aromatic N) is 1. The number of carbonyl (C=O) groups excluding carboxylic acids is 3. The van der Waals surface area contributed by atoms with Gasteiger partial charge in [0.15, 0.2) is 0 Å². The van der Waals surface area contributed by atoms with Gasteiger partial charge in [0.05, 0.1) is 0 Å². The second-order valence-electron chi connectivity index (χ2n) is 6.81. The molecule has 2 atom stereocenters. The van der Waals surface area contributed by atoms with Gasteiger partial charge in [-0.3, -0.25) is 14.5 Å². The van der Waals surface area contributed by atoms with Gasteiger partial charge in [0.25, 0.3) is 5.91 Å². The van der Waals surface area contributed by atoms with Gasteiger partial charge in [-0.25, -0.2) is 4.79 Å². The third kappa shape index (κ3) is 3.35. The van der Waals surface area contributed by atoms with Gasteiger partial charge in [-0.05, 0) is 30.4 Å². The third-order valence-corrected chi connectivity index (χ3v) is 5.61. The summed E-state index contributed by atoms with van der Waals surface area (Å²) in [6, 6.07) is 6.72.